The average Bonchev–Trinajstić information content (AvgIpc) is 3.17. The molecule has 8 heteroatoms. The summed E-state index contributed by atoms with van der Waals surface area (Å²) in [6, 6.07) is 10.9. The molecule has 0 saturated carbocycles. The lowest BCUT2D eigenvalue weighted by Gasteiger charge is -2.36. The highest BCUT2D eigenvalue weighted by molar-refractivity contribution is 5.51. The van der Waals surface area contributed by atoms with Crippen LogP contribution in [0.3, 0.4) is 0 Å². The summed E-state index contributed by atoms with van der Waals surface area (Å²) in [5.74, 6) is 2.07. The molecule has 0 radical (unpaired) electrons. The Balaban J connectivity index is 1.33. The summed E-state index contributed by atoms with van der Waals surface area (Å²) in [4.78, 5) is 13.0. The van der Waals surface area contributed by atoms with E-state index in [-0.39, 0.29) is 12.1 Å². The van der Waals surface area contributed by atoms with E-state index in [0.29, 0.717) is 12.0 Å². The predicted molar refractivity (Wildman–Crippen MR) is 115 cm³/mol. The lowest BCUT2D eigenvalue weighted by atomic mass is 10.0. The highest BCUT2D eigenvalue weighted by atomic mass is 16.5. The van der Waals surface area contributed by atoms with Gasteiger partial charge in [-0.05, 0) is 31.0 Å². The van der Waals surface area contributed by atoms with E-state index in [9.17, 15) is 0 Å². The highest BCUT2D eigenvalue weighted by Gasteiger charge is 2.35. The summed E-state index contributed by atoms with van der Waals surface area (Å²) < 4.78 is 11.1. The number of nitrogens with two attached hydrogens (primary N) is 1. The van der Waals surface area contributed by atoms with Gasteiger partial charge in [0.25, 0.3) is 0 Å². The first-order chi connectivity index (χ1) is 14.2. The number of nitrogens with one attached hydrogen (secondary N) is 1. The van der Waals surface area contributed by atoms with Crippen molar-refractivity contribution >= 4 is 17.5 Å². The number of rotatable bonds is 6. The van der Waals surface area contributed by atoms with E-state index in [0.717, 1.165) is 50.6 Å². The molecule has 1 aromatic carbocycles. The molecule has 8 nitrogen and oxygen atoms in total. The topological polar surface area (TPSA) is 88.8 Å². The first-order valence-corrected chi connectivity index (χ1v) is 10.2. The molecule has 0 bridgehead atoms. The SMILES string of the molecule is COc1cccc(N2CCC(N[C@H]3CN(c4ccnc(N)n4)C[C@H]3OC)CC2)c1. The number of piperidine rings is 1. The van der Waals surface area contributed by atoms with Gasteiger partial charge in [-0.1, -0.05) is 6.07 Å². The Hall–Kier alpha value is -2.58. The lowest BCUT2D eigenvalue weighted by Crippen LogP contribution is -2.50. The minimum Gasteiger partial charge on any atom is -0.497 e. The number of nitrogens with zero attached hydrogens (tertiary/aromatic N) is 4. The second kappa shape index (κ2) is 8.84. The maximum absolute atomic E-state index is 5.76. The number of ether oxygens (including phenoxy) is 2. The summed E-state index contributed by atoms with van der Waals surface area (Å²) in [5, 5.41) is 3.84. The summed E-state index contributed by atoms with van der Waals surface area (Å²) in [6.07, 6.45) is 4.03. The Bertz CT molecular complexity index is 811. The fraction of sp³-hybridized carbons (Fsp3) is 0.524. The Labute approximate surface area is 172 Å². The molecule has 3 heterocycles. The molecule has 3 N–H and O–H groups in total. The van der Waals surface area contributed by atoms with Crippen LogP contribution >= 0.6 is 0 Å². The molecule has 2 aliphatic heterocycles. The normalized spacial score (nSPS) is 22.8. The van der Waals surface area contributed by atoms with Gasteiger partial charge < -0.3 is 30.3 Å². The molecule has 0 spiro atoms. The molecule has 29 heavy (non-hydrogen) atoms. The van der Waals surface area contributed by atoms with Crippen LogP contribution in [0.15, 0.2) is 36.5 Å². The largest absolute Gasteiger partial charge is 0.497 e. The van der Waals surface area contributed by atoms with Gasteiger partial charge in [-0.2, -0.15) is 4.98 Å². The van der Waals surface area contributed by atoms with Crippen molar-refractivity contribution in [2.75, 3.05) is 55.9 Å². The minimum absolute atomic E-state index is 0.127. The summed E-state index contributed by atoms with van der Waals surface area (Å²) in [7, 11) is 3.49. The molecule has 2 aromatic rings. The van der Waals surface area contributed by atoms with E-state index in [1.165, 1.54) is 5.69 Å². The summed E-state index contributed by atoms with van der Waals surface area (Å²) in [6.45, 7) is 3.71. The summed E-state index contributed by atoms with van der Waals surface area (Å²) in [5.41, 5.74) is 6.98. The van der Waals surface area contributed by atoms with Crippen molar-refractivity contribution in [3.8, 4) is 5.75 Å². The second-order valence-electron chi connectivity index (χ2n) is 7.69. The average molecular weight is 399 g/mol. The van der Waals surface area contributed by atoms with Crippen LogP contribution in [-0.4, -0.2) is 68.6 Å². The Morgan fingerprint density at radius 1 is 1.10 bits per heavy atom. The highest BCUT2D eigenvalue weighted by Crippen LogP contribution is 2.26. The van der Waals surface area contributed by atoms with Crippen LogP contribution in [0.1, 0.15) is 12.8 Å². The third-order valence-corrected chi connectivity index (χ3v) is 5.92. The van der Waals surface area contributed by atoms with Gasteiger partial charge in [0, 0.05) is 57.3 Å². The number of hydrogen-bond acceptors (Lipinski definition) is 8. The zero-order chi connectivity index (χ0) is 20.2. The molecule has 156 valence electrons. The number of benzene rings is 1. The first kappa shape index (κ1) is 19.7. The third kappa shape index (κ3) is 4.54. The monoisotopic (exact) mass is 398 g/mol. The fourth-order valence-corrected chi connectivity index (χ4v) is 4.31. The Kier molecular flexibility index (Phi) is 6.01. The van der Waals surface area contributed by atoms with Gasteiger partial charge in [0.1, 0.15) is 11.6 Å². The van der Waals surface area contributed by atoms with Crippen LogP contribution in [-0.2, 0) is 4.74 Å². The van der Waals surface area contributed by atoms with Crippen molar-refractivity contribution in [3.05, 3.63) is 36.5 Å². The van der Waals surface area contributed by atoms with Gasteiger partial charge in [0.05, 0.1) is 19.3 Å². The number of hydrogen-bond donors (Lipinski definition) is 2. The van der Waals surface area contributed by atoms with Gasteiger partial charge in [0.15, 0.2) is 0 Å². The number of aromatic nitrogens is 2. The van der Waals surface area contributed by atoms with Gasteiger partial charge in [-0.15, -0.1) is 0 Å². The van der Waals surface area contributed by atoms with Crippen molar-refractivity contribution in [3.63, 3.8) is 0 Å². The zero-order valence-electron chi connectivity index (χ0n) is 17.1. The van der Waals surface area contributed by atoms with E-state index in [1.54, 1.807) is 20.4 Å². The van der Waals surface area contributed by atoms with Crippen molar-refractivity contribution in [1.29, 1.82) is 0 Å². The van der Waals surface area contributed by atoms with Gasteiger partial charge in [-0.3, -0.25) is 0 Å². The molecule has 2 fully saturated rings. The van der Waals surface area contributed by atoms with E-state index >= 15 is 0 Å². The molecule has 0 aliphatic carbocycles. The van der Waals surface area contributed by atoms with Crippen molar-refractivity contribution in [1.82, 2.24) is 15.3 Å². The van der Waals surface area contributed by atoms with E-state index in [4.69, 9.17) is 15.2 Å². The molecular formula is C21H30N6O2. The van der Waals surface area contributed by atoms with Gasteiger partial charge in [0.2, 0.25) is 5.95 Å². The number of methoxy groups -OCH3 is 2. The van der Waals surface area contributed by atoms with Crippen LogP contribution in [0, 0.1) is 0 Å². The summed E-state index contributed by atoms with van der Waals surface area (Å²) >= 11 is 0. The maximum atomic E-state index is 5.76. The Morgan fingerprint density at radius 3 is 2.66 bits per heavy atom. The van der Waals surface area contributed by atoms with Crippen LogP contribution in [0.25, 0.3) is 0 Å². The van der Waals surface area contributed by atoms with E-state index in [1.807, 2.05) is 12.1 Å². The van der Waals surface area contributed by atoms with Crippen LogP contribution in [0.5, 0.6) is 5.75 Å². The molecule has 2 aliphatic rings. The smallest absolute Gasteiger partial charge is 0.221 e. The molecule has 0 unspecified atom stereocenters. The standard InChI is InChI=1S/C21H30N6O2/c1-28-17-5-3-4-16(12-17)26-10-7-15(8-11-26)24-18-13-27(14-19(18)29-2)20-6-9-23-21(22)25-20/h3-6,9,12,15,18-19,24H,7-8,10-11,13-14H2,1-2H3,(H2,22,23,25)/t18-,19+/m0/s1. The molecule has 4 rings (SSSR count). The molecule has 0 amide bonds. The van der Waals surface area contributed by atoms with Crippen LogP contribution < -0.4 is 25.6 Å². The predicted octanol–water partition coefficient (Wildman–Crippen LogP) is 1.53. The number of nitrogen functional groups attached to an aromatic ring is 1. The minimum atomic E-state index is 0.127. The van der Waals surface area contributed by atoms with Gasteiger partial charge >= 0.3 is 0 Å². The molecule has 2 atom stereocenters. The molecule has 2 saturated heterocycles. The third-order valence-electron chi connectivity index (χ3n) is 5.92. The van der Waals surface area contributed by atoms with Crippen LogP contribution in [0.2, 0.25) is 0 Å². The van der Waals surface area contributed by atoms with Crippen LogP contribution in [0.4, 0.5) is 17.5 Å². The lowest BCUT2D eigenvalue weighted by molar-refractivity contribution is 0.0917. The maximum Gasteiger partial charge on any atom is 0.221 e. The Morgan fingerprint density at radius 2 is 1.93 bits per heavy atom. The van der Waals surface area contributed by atoms with Crippen molar-refractivity contribution < 1.29 is 9.47 Å². The second-order valence-corrected chi connectivity index (χ2v) is 7.69. The van der Waals surface area contributed by atoms with Crippen molar-refractivity contribution in [2.45, 2.75) is 31.0 Å². The van der Waals surface area contributed by atoms with Crippen molar-refractivity contribution in [2.24, 2.45) is 0 Å². The quantitative estimate of drug-likeness (QED) is 0.757. The fourth-order valence-electron chi connectivity index (χ4n) is 4.31. The first-order valence-electron chi connectivity index (χ1n) is 10.2. The van der Waals surface area contributed by atoms with E-state index in [2.05, 4.69) is 43.3 Å². The number of anilines is 3. The zero-order valence-corrected chi connectivity index (χ0v) is 17.1. The van der Waals surface area contributed by atoms with Gasteiger partial charge in [-0.25, -0.2) is 4.98 Å². The van der Waals surface area contributed by atoms with E-state index < -0.39 is 0 Å². The molecular weight excluding hydrogens is 368 g/mol. The molecule has 1 aromatic heterocycles.